The van der Waals surface area contributed by atoms with Crippen LogP contribution < -0.4 is 5.32 Å². The fourth-order valence-electron chi connectivity index (χ4n) is 2.74. The summed E-state index contributed by atoms with van der Waals surface area (Å²) in [5.74, 6) is 0.542. The van der Waals surface area contributed by atoms with Crippen molar-refractivity contribution in [2.24, 2.45) is 0 Å². The van der Waals surface area contributed by atoms with Crippen molar-refractivity contribution in [1.82, 2.24) is 25.1 Å². The first kappa shape index (κ1) is 16.6. The van der Waals surface area contributed by atoms with Gasteiger partial charge < -0.3 is 10.3 Å². The van der Waals surface area contributed by atoms with Crippen LogP contribution in [0.25, 0.3) is 11.0 Å². The second kappa shape index (κ2) is 6.71. The number of amides is 1. The number of hydrogen-bond donors (Lipinski definition) is 2. The summed E-state index contributed by atoms with van der Waals surface area (Å²) in [5.41, 5.74) is 2.47. The number of aromatic amines is 1. The minimum Gasteiger partial charge on any atom is -0.354 e. The highest BCUT2D eigenvalue weighted by molar-refractivity contribution is 5.76. The van der Waals surface area contributed by atoms with Crippen LogP contribution in [0.1, 0.15) is 17.2 Å². The number of fused-ring (bicyclic) bond motifs is 1. The van der Waals surface area contributed by atoms with Gasteiger partial charge in [-0.1, -0.05) is 12.1 Å². The number of benzene rings is 1. The monoisotopic (exact) mass is 342 g/mol. The third kappa shape index (κ3) is 3.49. The molecule has 2 heterocycles. The smallest absolute Gasteiger partial charge is 0.312 e. The minimum atomic E-state index is -0.479. The zero-order valence-corrected chi connectivity index (χ0v) is 13.9. The molecule has 0 aliphatic heterocycles. The first-order valence-electron chi connectivity index (χ1n) is 7.84. The van der Waals surface area contributed by atoms with Crippen LogP contribution in [-0.2, 0) is 17.8 Å². The van der Waals surface area contributed by atoms with Crippen LogP contribution in [0.5, 0.6) is 0 Å². The number of nitro groups is 1. The highest BCUT2D eigenvalue weighted by Gasteiger charge is 2.22. The van der Waals surface area contributed by atoms with Crippen molar-refractivity contribution in [3.63, 3.8) is 0 Å². The van der Waals surface area contributed by atoms with Gasteiger partial charge in [0.1, 0.15) is 23.8 Å². The van der Waals surface area contributed by atoms with Crippen LogP contribution in [0.3, 0.4) is 0 Å². The molecule has 0 saturated carbocycles. The third-order valence-corrected chi connectivity index (χ3v) is 3.94. The Morgan fingerprint density at radius 2 is 2.12 bits per heavy atom. The molecule has 130 valence electrons. The van der Waals surface area contributed by atoms with Crippen molar-refractivity contribution < 1.29 is 9.72 Å². The number of aryl methyl sites for hydroxylation is 1. The van der Waals surface area contributed by atoms with E-state index < -0.39 is 4.92 Å². The summed E-state index contributed by atoms with van der Waals surface area (Å²) in [6.45, 7) is 3.50. The molecule has 9 nitrogen and oxygen atoms in total. The van der Waals surface area contributed by atoms with Gasteiger partial charge in [0.25, 0.3) is 0 Å². The van der Waals surface area contributed by atoms with Crippen molar-refractivity contribution in [2.75, 3.05) is 6.54 Å². The SMILES string of the molecule is Cc1nn(CC(=O)NCCc2nc3ccccc3[nH]2)c(C)c1[N+](=O)[O-]. The number of carbonyl (C=O) groups is 1. The first-order chi connectivity index (χ1) is 12.0. The number of H-pyrrole nitrogens is 1. The summed E-state index contributed by atoms with van der Waals surface area (Å²) < 4.78 is 1.35. The second-order valence-corrected chi connectivity index (χ2v) is 5.73. The number of rotatable bonds is 6. The van der Waals surface area contributed by atoms with Gasteiger partial charge in [-0.05, 0) is 26.0 Å². The Labute approximate surface area is 143 Å². The van der Waals surface area contributed by atoms with E-state index in [4.69, 9.17) is 0 Å². The molecule has 0 aliphatic rings. The number of nitrogens with one attached hydrogen (secondary N) is 2. The number of para-hydroxylation sites is 2. The predicted octanol–water partition coefficient (Wildman–Crippen LogP) is 1.64. The summed E-state index contributed by atoms with van der Waals surface area (Å²) in [6, 6.07) is 7.71. The summed E-state index contributed by atoms with van der Waals surface area (Å²) in [7, 11) is 0. The van der Waals surface area contributed by atoms with Crippen LogP contribution in [0.2, 0.25) is 0 Å². The van der Waals surface area contributed by atoms with Crippen LogP contribution in [0, 0.1) is 24.0 Å². The van der Waals surface area contributed by atoms with Crippen LogP contribution >= 0.6 is 0 Å². The van der Waals surface area contributed by atoms with Gasteiger partial charge in [-0.25, -0.2) is 4.98 Å². The second-order valence-electron chi connectivity index (χ2n) is 5.73. The molecular formula is C16H18N6O3. The quantitative estimate of drug-likeness (QED) is 0.521. The van der Waals surface area contributed by atoms with Gasteiger partial charge in [-0.2, -0.15) is 5.10 Å². The Morgan fingerprint density at radius 3 is 2.80 bits per heavy atom. The molecule has 25 heavy (non-hydrogen) atoms. The van der Waals surface area contributed by atoms with E-state index in [1.807, 2.05) is 24.3 Å². The van der Waals surface area contributed by atoms with Gasteiger partial charge in [0.05, 0.1) is 16.0 Å². The first-order valence-corrected chi connectivity index (χ1v) is 7.84. The predicted molar refractivity (Wildman–Crippen MR) is 91.2 cm³/mol. The Hall–Kier alpha value is -3.23. The Bertz CT molecular complexity index is 910. The molecule has 2 N–H and O–H groups in total. The fourth-order valence-corrected chi connectivity index (χ4v) is 2.74. The molecule has 0 aliphatic carbocycles. The Balaban J connectivity index is 1.56. The van der Waals surface area contributed by atoms with Crippen LogP contribution in [-0.4, -0.2) is 37.1 Å². The number of hydrogen-bond acceptors (Lipinski definition) is 5. The van der Waals surface area contributed by atoms with Crippen LogP contribution in [0.4, 0.5) is 5.69 Å². The van der Waals surface area contributed by atoms with Gasteiger partial charge in [-0.3, -0.25) is 19.6 Å². The van der Waals surface area contributed by atoms with E-state index in [2.05, 4.69) is 20.4 Å². The van der Waals surface area contributed by atoms with Gasteiger partial charge >= 0.3 is 5.69 Å². The van der Waals surface area contributed by atoms with E-state index in [0.29, 0.717) is 24.4 Å². The molecule has 0 fully saturated rings. The van der Waals surface area contributed by atoms with E-state index >= 15 is 0 Å². The largest absolute Gasteiger partial charge is 0.354 e. The molecule has 3 aromatic rings. The van der Waals surface area contributed by atoms with Gasteiger partial charge in [0.15, 0.2) is 0 Å². The third-order valence-electron chi connectivity index (χ3n) is 3.94. The topological polar surface area (TPSA) is 119 Å². The molecule has 0 radical (unpaired) electrons. The van der Waals surface area contributed by atoms with E-state index in [0.717, 1.165) is 16.9 Å². The zero-order valence-electron chi connectivity index (χ0n) is 13.9. The van der Waals surface area contributed by atoms with E-state index in [-0.39, 0.29) is 18.1 Å². The van der Waals surface area contributed by atoms with Crippen molar-refractivity contribution in [3.8, 4) is 0 Å². The molecule has 9 heteroatoms. The van der Waals surface area contributed by atoms with Crippen molar-refractivity contribution in [3.05, 3.63) is 51.6 Å². The fraction of sp³-hybridized carbons (Fsp3) is 0.312. The van der Waals surface area contributed by atoms with Gasteiger partial charge in [0.2, 0.25) is 5.91 Å². The Morgan fingerprint density at radius 1 is 1.36 bits per heavy atom. The van der Waals surface area contributed by atoms with E-state index in [9.17, 15) is 14.9 Å². The van der Waals surface area contributed by atoms with Crippen molar-refractivity contribution in [1.29, 1.82) is 0 Å². The summed E-state index contributed by atoms with van der Waals surface area (Å²) in [4.78, 5) is 30.2. The lowest BCUT2D eigenvalue weighted by atomic mass is 10.3. The molecule has 3 rings (SSSR count). The van der Waals surface area contributed by atoms with Crippen molar-refractivity contribution >= 4 is 22.6 Å². The van der Waals surface area contributed by atoms with Gasteiger partial charge in [0, 0.05) is 13.0 Å². The van der Waals surface area contributed by atoms with E-state index in [1.165, 1.54) is 4.68 Å². The molecule has 1 amide bonds. The highest BCUT2D eigenvalue weighted by Crippen LogP contribution is 2.21. The van der Waals surface area contributed by atoms with Gasteiger partial charge in [-0.15, -0.1) is 0 Å². The molecular weight excluding hydrogens is 324 g/mol. The molecule has 0 bridgehead atoms. The standard InChI is InChI=1S/C16H18N6O3/c1-10-16(22(24)25)11(2)21(20-10)9-15(23)17-8-7-14-18-12-5-3-4-6-13(12)19-14/h3-6H,7-9H2,1-2H3,(H,17,23)(H,18,19). The van der Waals surface area contributed by atoms with E-state index in [1.54, 1.807) is 13.8 Å². The molecule has 0 atom stereocenters. The number of imidazole rings is 1. The average molecular weight is 342 g/mol. The lowest BCUT2D eigenvalue weighted by Gasteiger charge is -2.05. The average Bonchev–Trinajstić information content (AvgIpc) is 3.07. The normalized spacial score (nSPS) is 11.0. The zero-order chi connectivity index (χ0) is 18.0. The minimum absolute atomic E-state index is 0.0462. The molecule has 1 aromatic carbocycles. The highest BCUT2D eigenvalue weighted by atomic mass is 16.6. The summed E-state index contributed by atoms with van der Waals surface area (Å²) >= 11 is 0. The maximum absolute atomic E-state index is 12.0. The lowest BCUT2D eigenvalue weighted by molar-refractivity contribution is -0.386. The molecule has 0 spiro atoms. The van der Waals surface area contributed by atoms with Crippen LogP contribution in [0.15, 0.2) is 24.3 Å². The number of nitrogens with zero attached hydrogens (tertiary/aromatic N) is 4. The number of carbonyl (C=O) groups excluding carboxylic acids is 1. The Kier molecular flexibility index (Phi) is 4.46. The molecule has 0 saturated heterocycles. The summed E-state index contributed by atoms with van der Waals surface area (Å²) in [5, 5.41) is 17.8. The molecule has 2 aromatic heterocycles. The maximum Gasteiger partial charge on any atom is 0.312 e. The van der Waals surface area contributed by atoms with Crippen molar-refractivity contribution in [2.45, 2.75) is 26.8 Å². The lowest BCUT2D eigenvalue weighted by Crippen LogP contribution is -2.30. The molecule has 0 unspecified atom stereocenters. The maximum atomic E-state index is 12.0. The summed E-state index contributed by atoms with van der Waals surface area (Å²) in [6.07, 6.45) is 0.567. The number of aromatic nitrogens is 4.